The van der Waals surface area contributed by atoms with Crippen LogP contribution in [0.25, 0.3) is 0 Å². The highest BCUT2D eigenvalue weighted by atomic mass is 32.2. The van der Waals surface area contributed by atoms with Crippen molar-refractivity contribution in [2.24, 2.45) is 11.8 Å². The monoisotopic (exact) mass is 566 g/mol. The fourth-order valence-electron chi connectivity index (χ4n) is 4.04. The fourth-order valence-corrected chi connectivity index (χ4v) is 6.90. The highest BCUT2D eigenvalue weighted by Gasteiger charge is 2.39. The molecule has 0 aliphatic heterocycles. The minimum atomic E-state index is -3.32. The van der Waals surface area contributed by atoms with Gasteiger partial charge in [-0.15, -0.1) is 0 Å². The summed E-state index contributed by atoms with van der Waals surface area (Å²) in [6.45, 7) is 24.5. The van der Waals surface area contributed by atoms with Crippen molar-refractivity contribution in [2.75, 3.05) is 19.5 Å². The third-order valence-electron chi connectivity index (χ3n) is 8.89. The van der Waals surface area contributed by atoms with Crippen molar-refractivity contribution in [3.8, 4) is 0 Å². The van der Waals surface area contributed by atoms with Crippen LogP contribution in [0.3, 0.4) is 0 Å². The summed E-state index contributed by atoms with van der Waals surface area (Å²) in [5.74, 6) is 1.22. The predicted octanol–water partition coefficient (Wildman–Crippen LogP) is 7.10. The molecule has 9 heteroatoms. The van der Waals surface area contributed by atoms with E-state index in [9.17, 15) is 13.5 Å². The molecule has 0 radical (unpaired) electrons. The molecule has 2 aliphatic carbocycles. The molecule has 0 saturated heterocycles. The molecule has 0 aromatic heterocycles. The van der Waals surface area contributed by atoms with Gasteiger partial charge >= 0.3 is 0 Å². The zero-order chi connectivity index (χ0) is 28.0. The van der Waals surface area contributed by atoms with Crippen molar-refractivity contribution in [3.05, 3.63) is 0 Å². The molecule has 2 rings (SSSR count). The van der Waals surface area contributed by atoms with Gasteiger partial charge in [0, 0.05) is 13.2 Å². The first kappa shape index (κ1) is 34.3. The summed E-state index contributed by atoms with van der Waals surface area (Å²) >= 11 is 0. The summed E-state index contributed by atoms with van der Waals surface area (Å²) in [4.78, 5) is 0. The highest BCUT2D eigenvalue weighted by molar-refractivity contribution is 7.86. The Bertz CT molecular complexity index is 739. The van der Waals surface area contributed by atoms with E-state index < -0.39 is 26.8 Å². The molecule has 0 spiro atoms. The summed E-state index contributed by atoms with van der Waals surface area (Å²) in [5, 5.41) is 10.00. The van der Waals surface area contributed by atoms with Gasteiger partial charge in [0.1, 0.15) is 0 Å². The predicted molar refractivity (Wildman–Crippen MR) is 156 cm³/mol. The Morgan fingerprint density at radius 3 is 1.33 bits per heavy atom. The second kappa shape index (κ2) is 13.5. The smallest absolute Gasteiger partial charge is 0.264 e. The van der Waals surface area contributed by atoms with Crippen LogP contribution in [0.15, 0.2) is 0 Å². The van der Waals surface area contributed by atoms with E-state index in [-0.39, 0.29) is 17.2 Å². The lowest BCUT2D eigenvalue weighted by molar-refractivity contribution is 0.0890. The lowest BCUT2D eigenvalue weighted by atomic mass is 9.88. The number of hydrogen-bond acceptors (Lipinski definition) is 6. The van der Waals surface area contributed by atoms with Crippen LogP contribution >= 0.6 is 0 Å². The van der Waals surface area contributed by atoms with Crippen molar-refractivity contribution in [2.45, 2.75) is 141 Å². The number of rotatable bonds is 8. The first-order valence-corrected chi connectivity index (χ1v) is 21.6. The average molecular weight is 567 g/mol. The zero-order valence-electron chi connectivity index (χ0n) is 25.3. The molecule has 6 nitrogen and oxygen atoms in total. The van der Waals surface area contributed by atoms with E-state index in [1.165, 1.54) is 0 Å². The zero-order valence-corrected chi connectivity index (χ0v) is 28.1. The average Bonchev–Trinajstić information content (AvgIpc) is 2.71. The molecule has 2 saturated carbocycles. The van der Waals surface area contributed by atoms with Gasteiger partial charge in [-0.1, -0.05) is 41.5 Å². The van der Waals surface area contributed by atoms with E-state index in [1.807, 2.05) is 0 Å². The second-order valence-electron chi connectivity index (χ2n) is 14.3. The molecule has 0 atom stereocenters. The van der Waals surface area contributed by atoms with Crippen LogP contribution in [0.5, 0.6) is 0 Å². The van der Waals surface area contributed by atoms with E-state index in [4.69, 9.17) is 13.0 Å². The molecular formula is C27H58O6SSi2. The minimum absolute atomic E-state index is 0.0517. The Labute approximate surface area is 225 Å². The number of aliphatic hydroxyl groups is 1. The first-order valence-electron chi connectivity index (χ1n) is 14.0. The van der Waals surface area contributed by atoms with Gasteiger partial charge in [-0.3, -0.25) is 4.18 Å². The normalized spacial score (nSPS) is 26.8. The summed E-state index contributed by atoms with van der Waals surface area (Å²) in [6.07, 6.45) is 8.77. The Morgan fingerprint density at radius 2 is 1.03 bits per heavy atom. The Balaban J connectivity index is 0.000000369. The molecule has 216 valence electrons. The van der Waals surface area contributed by atoms with Crippen LogP contribution < -0.4 is 0 Å². The van der Waals surface area contributed by atoms with Gasteiger partial charge in [0.25, 0.3) is 10.1 Å². The Kier molecular flexibility index (Phi) is 12.9. The molecule has 0 amide bonds. The lowest BCUT2D eigenvalue weighted by Gasteiger charge is -2.38. The van der Waals surface area contributed by atoms with Crippen LogP contribution in [0.2, 0.25) is 36.3 Å². The minimum Gasteiger partial charge on any atom is -0.417 e. The van der Waals surface area contributed by atoms with E-state index >= 15 is 0 Å². The van der Waals surface area contributed by atoms with Gasteiger partial charge in [0.15, 0.2) is 16.6 Å². The van der Waals surface area contributed by atoms with Crippen molar-refractivity contribution in [1.82, 2.24) is 0 Å². The summed E-state index contributed by atoms with van der Waals surface area (Å²) in [6, 6.07) is 0. The number of hydrogen-bond donors (Lipinski definition) is 1. The van der Waals surface area contributed by atoms with Gasteiger partial charge in [-0.05, 0) is 99.5 Å². The van der Waals surface area contributed by atoms with E-state index in [0.717, 1.165) is 70.8 Å². The van der Waals surface area contributed by atoms with Gasteiger partial charge in [0.2, 0.25) is 0 Å². The number of aliphatic hydroxyl groups excluding tert-OH is 1. The first-order chi connectivity index (χ1) is 16.1. The summed E-state index contributed by atoms with van der Waals surface area (Å²) in [7, 11) is -6.56. The summed E-state index contributed by atoms with van der Waals surface area (Å²) in [5.41, 5.74) is 0. The second-order valence-corrected chi connectivity index (χ2v) is 25.5. The van der Waals surface area contributed by atoms with Crippen LogP contribution in [-0.4, -0.2) is 61.8 Å². The van der Waals surface area contributed by atoms with Crippen LogP contribution in [0.1, 0.15) is 92.9 Å². The largest absolute Gasteiger partial charge is 0.417 e. The molecule has 1 N–H and O–H groups in total. The molecular weight excluding hydrogens is 509 g/mol. The highest BCUT2D eigenvalue weighted by Crippen LogP contribution is 2.39. The van der Waals surface area contributed by atoms with Gasteiger partial charge in [0.05, 0.1) is 18.5 Å². The van der Waals surface area contributed by atoms with Gasteiger partial charge < -0.3 is 14.0 Å². The molecule has 0 aromatic carbocycles. The van der Waals surface area contributed by atoms with Gasteiger partial charge in [-0.25, -0.2) is 0 Å². The SMILES string of the molecule is CC(C)(C)[Si](C)(C)OCC1CCC(O)CC1.CC(C)(C)[Si](C)(C)OCC1CCC(OS(C)(=O)=O)CC1. The van der Waals surface area contributed by atoms with Crippen molar-refractivity contribution >= 4 is 26.8 Å². The molecule has 36 heavy (non-hydrogen) atoms. The van der Waals surface area contributed by atoms with Gasteiger partial charge in [-0.2, -0.15) is 8.42 Å². The fraction of sp³-hybridized carbons (Fsp3) is 1.00. The molecule has 0 heterocycles. The van der Waals surface area contributed by atoms with Crippen molar-refractivity contribution in [3.63, 3.8) is 0 Å². The molecule has 2 aliphatic rings. The standard InChI is InChI=1S/C14H30O4SSi.C13H28O2Si/c1-14(2,3)20(5,6)17-11-12-7-9-13(10-8-12)18-19(4,15)16;1-13(2,3)16(4,5)15-10-11-6-8-12(14)9-7-11/h12-13H,7-11H2,1-6H3;11-12,14H,6-10H2,1-5H3. The molecule has 0 unspecified atom stereocenters. The third-order valence-corrected chi connectivity index (χ3v) is 18.5. The third kappa shape index (κ3) is 12.4. The maximum absolute atomic E-state index is 11.1. The van der Waals surface area contributed by atoms with Crippen LogP contribution in [0, 0.1) is 11.8 Å². The maximum atomic E-state index is 11.1. The molecule has 2 fully saturated rings. The van der Waals surface area contributed by atoms with E-state index in [0.29, 0.717) is 16.9 Å². The topological polar surface area (TPSA) is 82.1 Å². The molecule has 0 bridgehead atoms. The Morgan fingerprint density at radius 1 is 0.694 bits per heavy atom. The van der Waals surface area contributed by atoms with E-state index in [1.54, 1.807) is 0 Å². The van der Waals surface area contributed by atoms with Crippen molar-refractivity contribution in [1.29, 1.82) is 0 Å². The molecule has 0 aromatic rings. The van der Waals surface area contributed by atoms with Crippen molar-refractivity contribution < 1.29 is 26.6 Å². The summed E-state index contributed by atoms with van der Waals surface area (Å²) < 4.78 is 39.8. The maximum Gasteiger partial charge on any atom is 0.264 e. The van der Waals surface area contributed by atoms with Crippen LogP contribution in [0.4, 0.5) is 0 Å². The quantitative estimate of drug-likeness (QED) is 0.249. The lowest BCUT2D eigenvalue weighted by Crippen LogP contribution is -2.42. The van der Waals surface area contributed by atoms with E-state index in [2.05, 4.69) is 67.7 Å². The van der Waals surface area contributed by atoms with Crippen LogP contribution in [-0.2, 0) is 23.2 Å². The Hall–Kier alpha value is 0.224.